The maximum Gasteiger partial charge on any atom is 0.418 e. The summed E-state index contributed by atoms with van der Waals surface area (Å²) in [4.78, 5) is 17.5. The normalized spacial score (nSPS) is 13.4. The van der Waals surface area contributed by atoms with Crippen molar-refractivity contribution in [1.82, 2.24) is 20.2 Å². The van der Waals surface area contributed by atoms with Crippen LogP contribution in [0.3, 0.4) is 0 Å². The lowest BCUT2D eigenvalue weighted by Crippen LogP contribution is -2.44. The van der Waals surface area contributed by atoms with Crippen molar-refractivity contribution in [2.75, 3.05) is 25.8 Å². The van der Waals surface area contributed by atoms with Gasteiger partial charge in [-0.3, -0.25) is 9.98 Å². The predicted molar refractivity (Wildman–Crippen MR) is 200 cm³/mol. The van der Waals surface area contributed by atoms with Crippen LogP contribution >= 0.6 is 27.5 Å². The van der Waals surface area contributed by atoms with Crippen molar-refractivity contribution in [2.24, 2.45) is 4.99 Å². The largest absolute Gasteiger partial charge is 0.497 e. The zero-order valence-corrected chi connectivity index (χ0v) is 31.2. The van der Waals surface area contributed by atoms with Crippen LogP contribution < -0.4 is 35.0 Å². The van der Waals surface area contributed by atoms with E-state index in [2.05, 4.69) is 31.2 Å². The number of nitrogens with one attached hydrogen (secondary N) is 1. The van der Waals surface area contributed by atoms with Crippen molar-refractivity contribution in [3.63, 3.8) is 0 Å². The summed E-state index contributed by atoms with van der Waals surface area (Å²) in [5.74, 6) is 2.63. The van der Waals surface area contributed by atoms with Crippen molar-refractivity contribution in [3.8, 4) is 28.5 Å². The molecular weight excluding hydrogens is 773 g/mol. The first-order valence-electron chi connectivity index (χ1n) is 16.5. The van der Waals surface area contributed by atoms with Gasteiger partial charge in [0.05, 0.1) is 47.6 Å². The zero-order valence-electron chi connectivity index (χ0n) is 28.8. The Morgan fingerprint density at radius 1 is 0.943 bits per heavy atom. The van der Waals surface area contributed by atoms with Gasteiger partial charge in [0.1, 0.15) is 41.8 Å². The number of alkyl halides is 3. The van der Waals surface area contributed by atoms with E-state index in [1.807, 2.05) is 64.4 Å². The minimum absolute atomic E-state index is 0.00732. The monoisotopic (exact) mass is 804 g/mol. The van der Waals surface area contributed by atoms with E-state index in [0.717, 1.165) is 21.2 Å². The molecule has 0 bridgehead atoms. The van der Waals surface area contributed by atoms with E-state index in [0.29, 0.717) is 53.3 Å². The molecule has 0 amide bonds. The molecule has 0 fully saturated rings. The molecule has 2 aliphatic heterocycles. The van der Waals surface area contributed by atoms with Crippen molar-refractivity contribution < 1.29 is 27.4 Å². The fraction of sp³-hybridized carbons (Fsp3) is 0.205. The number of hydrogen-bond donors (Lipinski definition) is 1. The molecule has 272 valence electrons. The molecule has 4 heterocycles. The van der Waals surface area contributed by atoms with Crippen LogP contribution in [0, 0.1) is 6.92 Å². The Morgan fingerprint density at radius 3 is 2.21 bits per heavy atom. The highest BCUT2D eigenvalue weighted by Crippen LogP contribution is 2.42. The van der Waals surface area contributed by atoms with Crippen molar-refractivity contribution >= 4 is 39.2 Å². The molecule has 0 spiro atoms. The maximum absolute atomic E-state index is 15.0. The molecular formula is C39H33BrClF3N6O3. The number of ether oxygens (including phenoxy) is 3. The molecule has 0 saturated carbocycles. The molecule has 14 heteroatoms. The lowest BCUT2D eigenvalue weighted by atomic mass is 9.99. The number of aryl methyl sites for hydroxylation is 1. The summed E-state index contributed by atoms with van der Waals surface area (Å²) < 4.78 is 62.6. The summed E-state index contributed by atoms with van der Waals surface area (Å²) in [5, 5.41) is 4.16. The average molecular weight is 806 g/mol. The molecule has 0 aliphatic carbocycles. The highest BCUT2D eigenvalue weighted by Gasteiger charge is 2.38. The fourth-order valence-electron chi connectivity index (χ4n) is 6.40. The van der Waals surface area contributed by atoms with Crippen LogP contribution in [-0.2, 0) is 25.8 Å². The molecule has 0 radical (unpaired) electrons. The zero-order chi connectivity index (χ0) is 37.3. The molecule has 0 atom stereocenters. The molecule has 0 unspecified atom stereocenters. The Bertz CT molecular complexity index is 2270. The summed E-state index contributed by atoms with van der Waals surface area (Å²) in [5.41, 5.74) is 1.55. The van der Waals surface area contributed by atoms with Crippen LogP contribution in [0.15, 0.2) is 101 Å². The summed E-state index contributed by atoms with van der Waals surface area (Å²) in [7, 11) is 3.18. The molecule has 7 rings (SSSR count). The van der Waals surface area contributed by atoms with Crippen LogP contribution in [0.5, 0.6) is 17.2 Å². The van der Waals surface area contributed by atoms with Crippen LogP contribution in [0.1, 0.15) is 27.8 Å². The summed E-state index contributed by atoms with van der Waals surface area (Å²) in [6.45, 7) is 2.68. The van der Waals surface area contributed by atoms with E-state index in [1.165, 1.54) is 25.3 Å². The molecule has 2 aliphatic rings. The van der Waals surface area contributed by atoms with E-state index in [9.17, 15) is 0 Å². The number of halogens is 5. The first-order chi connectivity index (χ1) is 25.5. The van der Waals surface area contributed by atoms with Crippen LogP contribution in [0.25, 0.3) is 17.1 Å². The van der Waals surface area contributed by atoms with Gasteiger partial charge in [0.15, 0.2) is 0 Å². The number of aromatic nitrogens is 2. The third kappa shape index (κ3) is 7.63. The average Bonchev–Trinajstić information content (AvgIpc) is 3.31. The van der Waals surface area contributed by atoms with E-state index in [1.54, 1.807) is 32.8 Å². The molecule has 5 aromatic rings. The quantitative estimate of drug-likeness (QED) is 0.154. The topological polar surface area (TPSA) is 84.3 Å². The lowest BCUT2D eigenvalue weighted by Gasteiger charge is -2.27. The van der Waals surface area contributed by atoms with Gasteiger partial charge in [0.2, 0.25) is 0 Å². The fourth-order valence-corrected chi connectivity index (χ4v) is 7.11. The second kappa shape index (κ2) is 15.0. The van der Waals surface area contributed by atoms with Gasteiger partial charge in [-0.15, -0.1) is 0 Å². The minimum atomic E-state index is -4.75. The first-order valence-corrected chi connectivity index (χ1v) is 17.6. The highest BCUT2D eigenvalue weighted by atomic mass is 79.9. The summed E-state index contributed by atoms with van der Waals surface area (Å²) in [6, 6.07) is 19.9. The third-order valence-corrected chi connectivity index (χ3v) is 9.71. The van der Waals surface area contributed by atoms with Gasteiger partial charge in [0.25, 0.3) is 0 Å². The van der Waals surface area contributed by atoms with Gasteiger partial charge in [0, 0.05) is 41.7 Å². The Labute approximate surface area is 317 Å². The predicted octanol–water partition coefficient (Wildman–Crippen LogP) is 7.72. The standard InChI is InChI=1S/C39H33BrClF3N6O3/c1-23-14-32(50(19-24-4-8-28(51-2)9-5-24)20-25-6-10-29(52-3)11-7-25)48-36(34(23)39(42,43)44)30-16-31-33-37(35(30)41)46-22-47-38(33)49(12-13-53-31)21-26-15-27(40)18-45-17-26/h4-18,47H,19-22H2,1-3H3. The smallest absolute Gasteiger partial charge is 0.418 e. The number of hydrogen-bond acceptors (Lipinski definition) is 9. The van der Waals surface area contributed by atoms with E-state index < -0.39 is 11.7 Å². The molecule has 1 N–H and O–H groups in total. The van der Waals surface area contributed by atoms with Gasteiger partial charge in [-0.05, 0) is 87.6 Å². The first kappa shape index (κ1) is 36.1. The minimum Gasteiger partial charge on any atom is -0.497 e. The second-order valence-electron chi connectivity index (χ2n) is 12.4. The Hall–Kier alpha value is -5.27. The number of anilines is 1. The SMILES string of the molecule is COc1ccc(CN(Cc2ccc(OC)cc2)c2cc(C)c(C(F)(F)F)c(-c3cc4c5c(c3Cl)=NCNC=5N(Cc3cncc(Br)c3)C=CO4)n2)cc1. The van der Waals surface area contributed by atoms with Crippen LogP contribution in [-0.4, -0.2) is 35.8 Å². The number of nitrogens with zero attached hydrogens (tertiary/aromatic N) is 5. The highest BCUT2D eigenvalue weighted by molar-refractivity contribution is 9.10. The Morgan fingerprint density at radius 2 is 1.60 bits per heavy atom. The van der Waals surface area contributed by atoms with E-state index in [-0.39, 0.29) is 34.3 Å². The van der Waals surface area contributed by atoms with Crippen LogP contribution in [0.4, 0.5) is 19.0 Å². The molecule has 9 nitrogen and oxygen atoms in total. The van der Waals surface area contributed by atoms with Crippen molar-refractivity contribution in [1.29, 1.82) is 0 Å². The van der Waals surface area contributed by atoms with E-state index >= 15 is 13.2 Å². The number of rotatable bonds is 10. The lowest BCUT2D eigenvalue weighted by molar-refractivity contribution is -0.137. The van der Waals surface area contributed by atoms with Gasteiger partial charge in [-0.1, -0.05) is 35.9 Å². The Balaban J connectivity index is 1.38. The molecule has 3 aromatic carbocycles. The van der Waals surface area contributed by atoms with Gasteiger partial charge < -0.3 is 29.3 Å². The van der Waals surface area contributed by atoms with Crippen LogP contribution in [0.2, 0.25) is 5.02 Å². The summed E-state index contributed by atoms with van der Waals surface area (Å²) >= 11 is 10.6. The van der Waals surface area contributed by atoms with Gasteiger partial charge in [-0.25, -0.2) is 4.98 Å². The summed E-state index contributed by atoms with van der Waals surface area (Å²) in [6.07, 6.45) is 1.92. The number of methoxy groups -OCH3 is 2. The maximum atomic E-state index is 15.0. The number of pyridine rings is 2. The van der Waals surface area contributed by atoms with Crippen molar-refractivity contribution in [2.45, 2.75) is 32.7 Å². The second-order valence-corrected chi connectivity index (χ2v) is 13.7. The van der Waals surface area contributed by atoms with Crippen molar-refractivity contribution in [3.05, 3.63) is 139 Å². The van der Waals surface area contributed by atoms with Gasteiger partial charge in [-0.2, -0.15) is 13.2 Å². The molecule has 53 heavy (non-hydrogen) atoms. The molecule has 2 aromatic heterocycles. The Kier molecular flexibility index (Phi) is 10.2. The van der Waals surface area contributed by atoms with Gasteiger partial charge >= 0.3 is 6.18 Å². The third-order valence-electron chi connectivity index (χ3n) is 8.89. The molecule has 0 saturated heterocycles. The number of benzene rings is 3. The van der Waals surface area contributed by atoms with E-state index in [4.69, 9.17) is 30.8 Å².